The second kappa shape index (κ2) is 5.40. The lowest BCUT2D eigenvalue weighted by molar-refractivity contribution is 0.619. The number of aromatic amines is 1. The molecule has 0 fully saturated rings. The summed E-state index contributed by atoms with van der Waals surface area (Å²) in [6.45, 7) is 3.84. The molecule has 4 heteroatoms. The highest BCUT2D eigenvalue weighted by Crippen LogP contribution is 2.18. The van der Waals surface area contributed by atoms with Gasteiger partial charge in [-0.2, -0.15) is 0 Å². The van der Waals surface area contributed by atoms with E-state index in [1.165, 1.54) is 6.07 Å². The Morgan fingerprint density at radius 1 is 1.33 bits per heavy atom. The summed E-state index contributed by atoms with van der Waals surface area (Å²) in [4.78, 5) is 7.45. The molecule has 2 nitrogen and oxygen atoms in total. The number of hydrogen-bond acceptors (Lipinski definition) is 2. The van der Waals surface area contributed by atoms with Crippen LogP contribution in [0.1, 0.15) is 24.6 Å². The molecule has 0 saturated carbocycles. The average Bonchev–Trinajstić information content (AvgIpc) is 2.32. The summed E-state index contributed by atoms with van der Waals surface area (Å²) in [5, 5.41) is 0. The normalized spacial score (nSPS) is 10.6. The summed E-state index contributed by atoms with van der Waals surface area (Å²) in [6.07, 6.45) is 1.94. The van der Waals surface area contributed by atoms with Crippen molar-refractivity contribution in [3.8, 4) is 11.4 Å². The van der Waals surface area contributed by atoms with Crippen molar-refractivity contribution in [1.82, 2.24) is 9.97 Å². The maximum atomic E-state index is 13.5. The van der Waals surface area contributed by atoms with Crippen LogP contribution in [-0.4, -0.2) is 9.97 Å². The van der Waals surface area contributed by atoms with Crippen LogP contribution < -0.4 is 0 Å². The van der Waals surface area contributed by atoms with Gasteiger partial charge in [0.25, 0.3) is 0 Å². The van der Waals surface area contributed by atoms with E-state index in [1.807, 2.05) is 12.1 Å². The average molecular weight is 262 g/mol. The van der Waals surface area contributed by atoms with Gasteiger partial charge in [0.05, 0.1) is 0 Å². The first kappa shape index (κ1) is 12.9. The third-order valence-electron chi connectivity index (χ3n) is 2.76. The molecule has 0 radical (unpaired) electrons. The fraction of sp³-hybridized carbons (Fsp3) is 0.286. The zero-order chi connectivity index (χ0) is 13.1. The number of H-pyrrole nitrogens is 1. The molecule has 0 saturated heterocycles. The van der Waals surface area contributed by atoms with Gasteiger partial charge in [-0.1, -0.05) is 37.7 Å². The Bertz CT molecular complexity index is 619. The minimum Gasteiger partial charge on any atom is -0.343 e. The SMILES string of the molecule is CCCc1cc(=S)nc(-c2ccc(C)c(F)c2)[nH]1. The first-order valence-electron chi connectivity index (χ1n) is 5.97. The second-order valence-electron chi connectivity index (χ2n) is 4.31. The first-order valence-corrected chi connectivity index (χ1v) is 6.37. The minimum atomic E-state index is -0.227. The summed E-state index contributed by atoms with van der Waals surface area (Å²) < 4.78 is 14.1. The molecule has 0 spiro atoms. The van der Waals surface area contributed by atoms with Crippen molar-refractivity contribution < 1.29 is 4.39 Å². The Morgan fingerprint density at radius 3 is 2.78 bits per heavy atom. The molecule has 2 aromatic rings. The molecule has 0 aliphatic heterocycles. The molecular weight excluding hydrogens is 247 g/mol. The second-order valence-corrected chi connectivity index (χ2v) is 4.73. The van der Waals surface area contributed by atoms with E-state index in [0.717, 1.165) is 24.1 Å². The zero-order valence-electron chi connectivity index (χ0n) is 10.5. The molecule has 0 aliphatic rings. The van der Waals surface area contributed by atoms with Gasteiger partial charge in [-0.15, -0.1) is 0 Å². The molecule has 0 atom stereocenters. The van der Waals surface area contributed by atoms with Crippen molar-refractivity contribution in [2.75, 3.05) is 0 Å². The van der Waals surface area contributed by atoms with Crippen LogP contribution >= 0.6 is 12.2 Å². The predicted molar refractivity (Wildman–Crippen MR) is 73.5 cm³/mol. The lowest BCUT2D eigenvalue weighted by Crippen LogP contribution is -1.96. The summed E-state index contributed by atoms with van der Waals surface area (Å²) in [6, 6.07) is 6.93. The molecular formula is C14H15FN2S. The molecule has 0 amide bonds. The van der Waals surface area contributed by atoms with Gasteiger partial charge in [0.1, 0.15) is 16.3 Å². The van der Waals surface area contributed by atoms with Gasteiger partial charge in [0.2, 0.25) is 0 Å². The van der Waals surface area contributed by atoms with Crippen LogP contribution in [-0.2, 0) is 6.42 Å². The van der Waals surface area contributed by atoms with E-state index in [4.69, 9.17) is 12.2 Å². The number of hydrogen-bond donors (Lipinski definition) is 1. The summed E-state index contributed by atoms with van der Waals surface area (Å²) in [7, 11) is 0. The van der Waals surface area contributed by atoms with E-state index in [-0.39, 0.29) is 5.82 Å². The quantitative estimate of drug-likeness (QED) is 0.839. The highest BCUT2D eigenvalue weighted by atomic mass is 32.1. The zero-order valence-corrected chi connectivity index (χ0v) is 11.3. The van der Waals surface area contributed by atoms with Crippen molar-refractivity contribution in [2.24, 2.45) is 0 Å². The number of halogens is 1. The number of aryl methyl sites for hydroxylation is 2. The van der Waals surface area contributed by atoms with Gasteiger partial charge in [-0.3, -0.25) is 0 Å². The topological polar surface area (TPSA) is 28.7 Å². The van der Waals surface area contributed by atoms with Crippen molar-refractivity contribution in [2.45, 2.75) is 26.7 Å². The van der Waals surface area contributed by atoms with Crippen LogP contribution in [0.15, 0.2) is 24.3 Å². The Kier molecular flexibility index (Phi) is 3.87. The van der Waals surface area contributed by atoms with Crippen LogP contribution in [0, 0.1) is 17.4 Å². The van der Waals surface area contributed by atoms with Crippen LogP contribution in [0.2, 0.25) is 0 Å². The highest BCUT2D eigenvalue weighted by molar-refractivity contribution is 7.71. The predicted octanol–water partition coefficient (Wildman–Crippen LogP) is 4.21. The molecule has 18 heavy (non-hydrogen) atoms. The number of aromatic nitrogens is 2. The van der Waals surface area contributed by atoms with E-state index in [0.29, 0.717) is 16.0 Å². The third kappa shape index (κ3) is 2.82. The van der Waals surface area contributed by atoms with Crippen LogP contribution in [0.4, 0.5) is 4.39 Å². The molecule has 1 N–H and O–H groups in total. The van der Waals surface area contributed by atoms with E-state index < -0.39 is 0 Å². The Morgan fingerprint density at radius 2 is 2.11 bits per heavy atom. The molecule has 1 aromatic heterocycles. The van der Waals surface area contributed by atoms with Crippen LogP contribution in [0.25, 0.3) is 11.4 Å². The van der Waals surface area contributed by atoms with E-state index in [1.54, 1.807) is 13.0 Å². The highest BCUT2D eigenvalue weighted by Gasteiger charge is 2.05. The molecule has 1 heterocycles. The first-order chi connectivity index (χ1) is 8.60. The Hall–Kier alpha value is -1.55. The maximum absolute atomic E-state index is 13.5. The van der Waals surface area contributed by atoms with Crippen molar-refractivity contribution in [3.63, 3.8) is 0 Å². The fourth-order valence-corrected chi connectivity index (χ4v) is 2.02. The van der Waals surface area contributed by atoms with Gasteiger partial charge >= 0.3 is 0 Å². The number of nitrogens with zero attached hydrogens (tertiary/aromatic N) is 1. The molecule has 1 aromatic carbocycles. The minimum absolute atomic E-state index is 0.227. The van der Waals surface area contributed by atoms with E-state index >= 15 is 0 Å². The monoisotopic (exact) mass is 262 g/mol. The molecule has 0 unspecified atom stereocenters. The maximum Gasteiger partial charge on any atom is 0.139 e. The number of benzene rings is 1. The lowest BCUT2D eigenvalue weighted by atomic mass is 10.1. The molecule has 94 valence electrons. The summed E-state index contributed by atoms with van der Waals surface area (Å²) in [5.74, 6) is 0.402. The number of rotatable bonds is 3. The van der Waals surface area contributed by atoms with E-state index in [2.05, 4.69) is 16.9 Å². The van der Waals surface area contributed by atoms with Gasteiger partial charge in [-0.05, 0) is 31.0 Å². The van der Waals surface area contributed by atoms with Crippen molar-refractivity contribution >= 4 is 12.2 Å². The van der Waals surface area contributed by atoms with Crippen LogP contribution in [0.5, 0.6) is 0 Å². The third-order valence-corrected chi connectivity index (χ3v) is 2.97. The smallest absolute Gasteiger partial charge is 0.139 e. The molecule has 2 rings (SSSR count). The van der Waals surface area contributed by atoms with Gasteiger partial charge in [-0.25, -0.2) is 9.37 Å². The standard InChI is InChI=1S/C14H15FN2S/c1-3-4-11-8-13(18)17-14(16-11)10-6-5-9(2)12(15)7-10/h5-8H,3-4H2,1-2H3,(H,16,17,18). The van der Waals surface area contributed by atoms with Gasteiger partial charge in [0.15, 0.2) is 0 Å². The number of nitrogens with one attached hydrogen (secondary N) is 1. The van der Waals surface area contributed by atoms with Gasteiger partial charge in [0, 0.05) is 11.3 Å². The largest absolute Gasteiger partial charge is 0.343 e. The van der Waals surface area contributed by atoms with Crippen molar-refractivity contribution in [1.29, 1.82) is 0 Å². The van der Waals surface area contributed by atoms with Crippen molar-refractivity contribution in [3.05, 3.63) is 46.0 Å². The fourth-order valence-electron chi connectivity index (χ4n) is 1.79. The Labute approximate surface area is 111 Å². The summed E-state index contributed by atoms with van der Waals surface area (Å²) >= 11 is 5.13. The van der Waals surface area contributed by atoms with Crippen LogP contribution in [0.3, 0.4) is 0 Å². The van der Waals surface area contributed by atoms with E-state index in [9.17, 15) is 4.39 Å². The Balaban J connectivity index is 2.49. The molecule has 0 aliphatic carbocycles. The lowest BCUT2D eigenvalue weighted by Gasteiger charge is -2.06. The summed E-state index contributed by atoms with van der Waals surface area (Å²) in [5.41, 5.74) is 2.39. The molecule has 0 bridgehead atoms. The van der Waals surface area contributed by atoms with Gasteiger partial charge < -0.3 is 4.98 Å².